The average molecular weight is 323 g/mol. The largest absolute Gasteiger partial charge is 0.324 e. The molecule has 0 unspecified atom stereocenters. The predicted molar refractivity (Wildman–Crippen MR) is 94.0 cm³/mol. The van der Waals surface area contributed by atoms with Gasteiger partial charge < -0.3 is 4.90 Å². The van der Waals surface area contributed by atoms with Gasteiger partial charge >= 0.3 is 0 Å². The molecule has 4 rings (SSSR count). The molecule has 0 spiro atoms. The summed E-state index contributed by atoms with van der Waals surface area (Å²) in [6.45, 7) is 2.01. The van der Waals surface area contributed by atoms with Crippen molar-refractivity contribution in [3.8, 4) is 0 Å². The number of nitrogens with zero attached hydrogens (tertiary/aromatic N) is 1. The summed E-state index contributed by atoms with van der Waals surface area (Å²) in [7, 11) is 0. The fourth-order valence-corrected chi connectivity index (χ4v) is 4.14. The first-order valence-corrected chi connectivity index (χ1v) is 8.95. The SMILES string of the molecule is O=C1C[C@H]([NH+]2CCCCCC2)C(=O)N1c1cccc2ccccc12. The van der Waals surface area contributed by atoms with Crippen molar-refractivity contribution >= 4 is 28.3 Å². The Morgan fingerprint density at radius 3 is 2.38 bits per heavy atom. The molecule has 2 aromatic carbocycles. The van der Waals surface area contributed by atoms with Crippen molar-refractivity contribution in [3.05, 3.63) is 42.5 Å². The molecule has 2 fully saturated rings. The second kappa shape index (κ2) is 6.36. The van der Waals surface area contributed by atoms with Crippen LogP contribution in [0.4, 0.5) is 5.69 Å². The van der Waals surface area contributed by atoms with Crippen molar-refractivity contribution in [2.45, 2.75) is 38.1 Å². The van der Waals surface area contributed by atoms with Crippen LogP contribution in [0.3, 0.4) is 0 Å². The fourth-order valence-electron chi connectivity index (χ4n) is 4.14. The Kier molecular flexibility index (Phi) is 4.07. The van der Waals surface area contributed by atoms with E-state index < -0.39 is 0 Å². The van der Waals surface area contributed by atoms with Crippen molar-refractivity contribution in [1.29, 1.82) is 0 Å². The van der Waals surface area contributed by atoms with Crippen LogP contribution in [0.2, 0.25) is 0 Å². The first-order chi connectivity index (χ1) is 11.8. The summed E-state index contributed by atoms with van der Waals surface area (Å²) < 4.78 is 0. The Labute approximate surface area is 142 Å². The summed E-state index contributed by atoms with van der Waals surface area (Å²) in [5.74, 6) is -0.0775. The highest BCUT2D eigenvalue weighted by molar-refractivity contribution is 6.24. The van der Waals surface area contributed by atoms with Crippen LogP contribution in [-0.2, 0) is 9.59 Å². The van der Waals surface area contributed by atoms with E-state index in [9.17, 15) is 9.59 Å². The highest BCUT2D eigenvalue weighted by Crippen LogP contribution is 2.30. The lowest BCUT2D eigenvalue weighted by Gasteiger charge is -2.23. The minimum atomic E-state index is -0.199. The molecule has 0 aliphatic carbocycles. The smallest absolute Gasteiger partial charge is 0.292 e. The van der Waals surface area contributed by atoms with E-state index in [1.54, 1.807) is 0 Å². The van der Waals surface area contributed by atoms with Crippen LogP contribution in [0.25, 0.3) is 10.8 Å². The number of carbonyl (C=O) groups is 2. The van der Waals surface area contributed by atoms with E-state index in [1.807, 2.05) is 42.5 Å². The third kappa shape index (κ3) is 2.61. The second-order valence-electron chi connectivity index (χ2n) is 6.89. The van der Waals surface area contributed by atoms with Gasteiger partial charge in [0.2, 0.25) is 5.91 Å². The van der Waals surface area contributed by atoms with Crippen molar-refractivity contribution in [3.63, 3.8) is 0 Å². The lowest BCUT2D eigenvalue weighted by Crippen LogP contribution is -3.16. The van der Waals surface area contributed by atoms with E-state index in [0.717, 1.165) is 42.4 Å². The summed E-state index contributed by atoms with van der Waals surface area (Å²) in [6, 6.07) is 13.6. The van der Waals surface area contributed by atoms with Crippen LogP contribution in [0.5, 0.6) is 0 Å². The monoisotopic (exact) mass is 323 g/mol. The van der Waals surface area contributed by atoms with E-state index in [-0.39, 0.29) is 17.9 Å². The van der Waals surface area contributed by atoms with Gasteiger partial charge in [-0.3, -0.25) is 9.59 Å². The molecule has 2 heterocycles. The molecule has 0 saturated carbocycles. The van der Waals surface area contributed by atoms with Gasteiger partial charge in [0.15, 0.2) is 6.04 Å². The third-order valence-corrected chi connectivity index (χ3v) is 5.39. The van der Waals surface area contributed by atoms with Gasteiger partial charge in [0, 0.05) is 5.39 Å². The molecule has 2 amide bonds. The first-order valence-electron chi connectivity index (χ1n) is 8.95. The summed E-state index contributed by atoms with van der Waals surface area (Å²) in [4.78, 5) is 28.5. The van der Waals surface area contributed by atoms with Crippen molar-refractivity contribution in [1.82, 2.24) is 0 Å². The van der Waals surface area contributed by atoms with Gasteiger partial charge in [0.1, 0.15) is 0 Å². The standard InChI is InChI=1S/C20H22N2O2/c23-19-14-18(21-12-5-1-2-6-13-21)20(24)22(19)17-11-7-9-15-8-3-4-10-16(15)17/h3-4,7-11,18H,1-2,5-6,12-14H2/p+1/t18-/m0/s1. The highest BCUT2D eigenvalue weighted by Gasteiger charge is 2.46. The van der Waals surface area contributed by atoms with Crippen LogP contribution in [-0.4, -0.2) is 30.9 Å². The lowest BCUT2D eigenvalue weighted by atomic mass is 10.1. The van der Waals surface area contributed by atoms with Gasteiger partial charge in [0.05, 0.1) is 25.2 Å². The fraction of sp³-hybridized carbons (Fsp3) is 0.400. The number of hydrogen-bond donors (Lipinski definition) is 1. The maximum absolute atomic E-state index is 13.1. The zero-order valence-corrected chi connectivity index (χ0v) is 13.8. The number of imide groups is 1. The number of rotatable bonds is 2. The van der Waals surface area contributed by atoms with Gasteiger partial charge in [-0.25, -0.2) is 4.90 Å². The van der Waals surface area contributed by atoms with E-state index in [1.165, 1.54) is 22.6 Å². The van der Waals surface area contributed by atoms with Gasteiger partial charge in [-0.05, 0) is 37.1 Å². The van der Waals surface area contributed by atoms with E-state index >= 15 is 0 Å². The Balaban J connectivity index is 1.68. The van der Waals surface area contributed by atoms with E-state index in [4.69, 9.17) is 0 Å². The van der Waals surface area contributed by atoms with Crippen molar-refractivity contribution < 1.29 is 14.5 Å². The number of likely N-dealkylation sites (tertiary alicyclic amines) is 1. The van der Waals surface area contributed by atoms with Gasteiger partial charge in [-0.15, -0.1) is 0 Å². The summed E-state index contributed by atoms with van der Waals surface area (Å²) in [5, 5.41) is 2.02. The number of fused-ring (bicyclic) bond motifs is 1. The first kappa shape index (κ1) is 15.3. The van der Waals surface area contributed by atoms with Crippen molar-refractivity contribution in [2.75, 3.05) is 18.0 Å². The van der Waals surface area contributed by atoms with E-state index in [2.05, 4.69) is 0 Å². The topological polar surface area (TPSA) is 41.8 Å². The minimum Gasteiger partial charge on any atom is -0.324 e. The number of anilines is 1. The van der Waals surface area contributed by atoms with Crippen molar-refractivity contribution in [2.24, 2.45) is 0 Å². The summed E-state index contributed by atoms with van der Waals surface area (Å²) >= 11 is 0. The molecule has 1 atom stereocenters. The quantitative estimate of drug-likeness (QED) is 0.858. The Morgan fingerprint density at radius 2 is 1.58 bits per heavy atom. The number of carbonyl (C=O) groups excluding carboxylic acids is 2. The molecule has 2 aromatic rings. The highest BCUT2D eigenvalue weighted by atomic mass is 16.2. The number of nitrogens with one attached hydrogen (secondary N) is 1. The molecule has 2 aliphatic rings. The van der Waals surface area contributed by atoms with Crippen LogP contribution in [0, 0.1) is 0 Å². The molecule has 2 aliphatic heterocycles. The van der Waals surface area contributed by atoms with Crippen LogP contribution >= 0.6 is 0 Å². The van der Waals surface area contributed by atoms with Crippen LogP contribution < -0.4 is 9.80 Å². The molecular formula is C20H23N2O2+. The normalized spacial score (nSPS) is 23.0. The summed E-state index contributed by atoms with van der Waals surface area (Å²) in [5.41, 5.74) is 0.736. The maximum atomic E-state index is 13.1. The average Bonchev–Trinajstić information content (AvgIpc) is 2.80. The molecule has 0 bridgehead atoms. The number of quaternary nitrogens is 1. The minimum absolute atomic E-state index is 0.0201. The number of hydrogen-bond acceptors (Lipinski definition) is 2. The maximum Gasteiger partial charge on any atom is 0.292 e. The predicted octanol–water partition coefficient (Wildman–Crippen LogP) is 1.93. The Hall–Kier alpha value is -2.20. The Morgan fingerprint density at radius 1 is 0.875 bits per heavy atom. The molecule has 4 nitrogen and oxygen atoms in total. The summed E-state index contributed by atoms with van der Waals surface area (Å²) in [6.07, 6.45) is 5.14. The Bertz CT molecular complexity index is 773. The third-order valence-electron chi connectivity index (χ3n) is 5.39. The molecule has 1 N–H and O–H groups in total. The van der Waals surface area contributed by atoms with Gasteiger partial charge in [0.25, 0.3) is 5.91 Å². The van der Waals surface area contributed by atoms with E-state index in [0.29, 0.717) is 6.42 Å². The molecule has 24 heavy (non-hydrogen) atoms. The van der Waals surface area contributed by atoms with Gasteiger partial charge in [-0.1, -0.05) is 36.4 Å². The zero-order chi connectivity index (χ0) is 16.5. The van der Waals surface area contributed by atoms with Gasteiger partial charge in [-0.2, -0.15) is 0 Å². The molecule has 124 valence electrons. The zero-order valence-electron chi connectivity index (χ0n) is 13.8. The second-order valence-corrected chi connectivity index (χ2v) is 6.89. The molecular weight excluding hydrogens is 300 g/mol. The number of amides is 2. The number of benzene rings is 2. The molecule has 4 heteroatoms. The van der Waals surface area contributed by atoms with Crippen LogP contribution in [0.1, 0.15) is 32.1 Å². The molecule has 0 aromatic heterocycles. The lowest BCUT2D eigenvalue weighted by molar-refractivity contribution is -0.914. The molecule has 2 saturated heterocycles. The molecule has 0 radical (unpaired) electrons. The van der Waals surface area contributed by atoms with Crippen LogP contribution in [0.15, 0.2) is 42.5 Å².